The first-order chi connectivity index (χ1) is 13.4. The molecule has 0 aliphatic heterocycles. The minimum atomic E-state index is -4.66. The second-order valence-electron chi connectivity index (χ2n) is 7.03. The third-order valence-corrected chi connectivity index (χ3v) is 5.59. The fourth-order valence-electron chi connectivity index (χ4n) is 3.14. The van der Waals surface area contributed by atoms with Crippen molar-refractivity contribution in [1.82, 2.24) is 0 Å². The maximum Gasteiger partial charge on any atom is 1.00 e. The van der Waals surface area contributed by atoms with Crippen LogP contribution in [0.5, 0.6) is 17.2 Å². The monoisotopic (exact) mass is 428 g/mol. The Labute approximate surface area is 196 Å². The van der Waals surface area contributed by atoms with Gasteiger partial charge >= 0.3 is 29.6 Å². The van der Waals surface area contributed by atoms with Gasteiger partial charge in [0.25, 0.3) is 10.1 Å². The van der Waals surface area contributed by atoms with Crippen molar-refractivity contribution >= 4 is 10.1 Å². The van der Waals surface area contributed by atoms with Crippen LogP contribution in [0, 0.1) is 0 Å². The summed E-state index contributed by atoms with van der Waals surface area (Å²) in [6, 6.07) is 11.2. The van der Waals surface area contributed by atoms with Crippen LogP contribution in [-0.4, -0.2) is 13.0 Å². The molecular formula is C22H29NaO5S. The van der Waals surface area contributed by atoms with Crippen LogP contribution in [0.3, 0.4) is 0 Å². The van der Waals surface area contributed by atoms with Crippen LogP contribution in [0.15, 0.2) is 47.4 Å². The van der Waals surface area contributed by atoms with Gasteiger partial charge in [0.15, 0.2) is 0 Å². The summed E-state index contributed by atoms with van der Waals surface area (Å²) < 4.78 is 37.7. The van der Waals surface area contributed by atoms with Gasteiger partial charge in [-0.3, -0.25) is 4.55 Å². The molecule has 7 heteroatoms. The Balaban J connectivity index is 0.00000420. The Morgan fingerprint density at radius 3 is 2.07 bits per heavy atom. The number of aryl methyl sites for hydroxylation is 1. The van der Waals surface area contributed by atoms with Crippen LogP contribution < -0.4 is 39.4 Å². The molecule has 0 amide bonds. The Morgan fingerprint density at radius 1 is 0.897 bits per heavy atom. The molecule has 0 spiro atoms. The molecule has 0 fully saturated rings. The van der Waals surface area contributed by atoms with E-state index in [2.05, 4.69) is 6.92 Å². The molecule has 2 rings (SSSR count). The molecule has 29 heavy (non-hydrogen) atoms. The third kappa shape index (κ3) is 9.09. The summed E-state index contributed by atoms with van der Waals surface area (Å²) in [6.07, 6.45) is 11.2. The smallest absolute Gasteiger partial charge is 0.871 e. The van der Waals surface area contributed by atoms with Crippen LogP contribution in [0.25, 0.3) is 0 Å². The molecule has 0 saturated heterocycles. The van der Waals surface area contributed by atoms with E-state index < -0.39 is 20.8 Å². The van der Waals surface area contributed by atoms with E-state index in [4.69, 9.17) is 4.74 Å². The van der Waals surface area contributed by atoms with E-state index in [1.54, 1.807) is 12.1 Å². The van der Waals surface area contributed by atoms with Gasteiger partial charge in [0.1, 0.15) is 16.4 Å². The Hall–Kier alpha value is -1.05. The van der Waals surface area contributed by atoms with Gasteiger partial charge in [-0.05, 0) is 36.6 Å². The molecule has 2 aromatic carbocycles. The van der Waals surface area contributed by atoms with Gasteiger partial charge < -0.3 is 9.84 Å². The van der Waals surface area contributed by atoms with E-state index in [1.165, 1.54) is 62.6 Å². The van der Waals surface area contributed by atoms with Crippen LogP contribution in [0.2, 0.25) is 0 Å². The number of hydrogen-bond acceptors (Lipinski definition) is 4. The normalized spacial score (nSPS) is 11.1. The van der Waals surface area contributed by atoms with E-state index >= 15 is 0 Å². The molecule has 0 aromatic heterocycles. The standard InChI is InChI=1S/C22H30O5S.Na/c1-2-3-4-5-6-7-8-9-11-18-14-16-19(17-15-18)27-21-13-10-12-20(23)22(21)28(24,25)26;/h10,12-17,23H,2-9,11H2,1H3,(H,24,25,26);/q;+1/p-1. The van der Waals surface area contributed by atoms with E-state index in [-0.39, 0.29) is 35.3 Å². The summed E-state index contributed by atoms with van der Waals surface area (Å²) in [4.78, 5) is -0.738. The molecule has 1 N–H and O–H groups in total. The van der Waals surface area contributed by atoms with Gasteiger partial charge in [-0.25, -0.2) is 0 Å². The zero-order valence-corrected chi connectivity index (χ0v) is 20.2. The molecule has 0 bridgehead atoms. The Morgan fingerprint density at radius 2 is 1.48 bits per heavy atom. The molecule has 0 saturated carbocycles. The molecule has 0 aliphatic rings. The second kappa shape index (κ2) is 13.3. The maximum atomic E-state index is 11.8. The van der Waals surface area contributed by atoms with Crippen molar-refractivity contribution in [1.29, 1.82) is 0 Å². The Kier molecular flexibility index (Phi) is 11.9. The van der Waals surface area contributed by atoms with Crippen molar-refractivity contribution in [3.05, 3.63) is 48.0 Å². The van der Waals surface area contributed by atoms with Crippen molar-refractivity contribution in [3.8, 4) is 17.2 Å². The van der Waals surface area contributed by atoms with Crippen LogP contribution in [0.1, 0.15) is 63.9 Å². The van der Waals surface area contributed by atoms with Gasteiger partial charge in [-0.1, -0.05) is 81.9 Å². The van der Waals surface area contributed by atoms with Crippen LogP contribution in [0.4, 0.5) is 0 Å². The SMILES string of the molecule is CCCCCCCCCCc1ccc(Oc2cccc([O-])c2S(=O)(=O)O)cc1.[Na+]. The van der Waals surface area contributed by atoms with Gasteiger partial charge in [-0.15, -0.1) is 0 Å². The molecule has 0 aliphatic carbocycles. The van der Waals surface area contributed by atoms with Crippen LogP contribution in [-0.2, 0) is 16.5 Å². The Bertz CT molecular complexity index is 835. The van der Waals surface area contributed by atoms with Crippen molar-refractivity contribution in [3.63, 3.8) is 0 Å². The van der Waals surface area contributed by atoms with Gasteiger partial charge in [0.2, 0.25) is 0 Å². The number of unbranched alkanes of at least 4 members (excludes halogenated alkanes) is 7. The second-order valence-corrected chi connectivity index (χ2v) is 8.39. The number of benzene rings is 2. The summed E-state index contributed by atoms with van der Waals surface area (Å²) in [5.41, 5.74) is 1.19. The first-order valence-electron chi connectivity index (χ1n) is 9.96. The number of rotatable bonds is 12. The van der Waals surface area contributed by atoms with Gasteiger partial charge in [0.05, 0.1) is 0 Å². The molecule has 0 unspecified atom stereocenters. The van der Waals surface area contributed by atoms with E-state index in [9.17, 15) is 18.1 Å². The topological polar surface area (TPSA) is 86.7 Å². The fraction of sp³-hybridized carbons (Fsp3) is 0.455. The maximum absolute atomic E-state index is 11.8. The quantitative estimate of drug-likeness (QED) is 0.319. The van der Waals surface area contributed by atoms with Gasteiger partial charge in [-0.2, -0.15) is 8.42 Å². The zero-order chi connectivity index (χ0) is 20.4. The summed E-state index contributed by atoms with van der Waals surface area (Å²) in [5.74, 6) is -0.563. The zero-order valence-electron chi connectivity index (χ0n) is 17.4. The van der Waals surface area contributed by atoms with E-state index in [1.807, 2.05) is 12.1 Å². The first kappa shape index (κ1) is 26.0. The molecule has 0 radical (unpaired) electrons. The summed E-state index contributed by atoms with van der Waals surface area (Å²) in [5, 5.41) is 11.8. The van der Waals surface area contributed by atoms with Crippen molar-refractivity contribution in [2.75, 3.05) is 0 Å². The summed E-state index contributed by atoms with van der Waals surface area (Å²) in [6.45, 7) is 2.23. The van der Waals surface area contributed by atoms with Crippen molar-refractivity contribution in [2.45, 2.75) is 69.6 Å². The van der Waals surface area contributed by atoms with E-state index in [0.717, 1.165) is 18.9 Å². The largest absolute Gasteiger partial charge is 1.00 e. The fourth-order valence-corrected chi connectivity index (χ4v) is 3.83. The predicted octanol–water partition coefficient (Wildman–Crippen LogP) is 2.49. The van der Waals surface area contributed by atoms with E-state index in [0.29, 0.717) is 5.75 Å². The van der Waals surface area contributed by atoms with Crippen molar-refractivity contribution in [2.24, 2.45) is 0 Å². The molecule has 154 valence electrons. The third-order valence-electron chi connectivity index (χ3n) is 4.67. The minimum Gasteiger partial charge on any atom is -0.871 e. The minimum absolute atomic E-state index is 0. The summed E-state index contributed by atoms with van der Waals surface area (Å²) in [7, 11) is -4.66. The predicted molar refractivity (Wildman–Crippen MR) is 109 cm³/mol. The molecule has 2 aromatic rings. The van der Waals surface area contributed by atoms with Crippen LogP contribution >= 0.6 is 0 Å². The molecule has 0 atom stereocenters. The summed E-state index contributed by atoms with van der Waals surface area (Å²) >= 11 is 0. The number of ether oxygens (including phenoxy) is 1. The average Bonchev–Trinajstić information content (AvgIpc) is 2.64. The molecule has 5 nitrogen and oxygen atoms in total. The molecular weight excluding hydrogens is 399 g/mol. The molecule has 0 heterocycles. The average molecular weight is 429 g/mol. The van der Waals surface area contributed by atoms with Crippen molar-refractivity contribution < 1.29 is 52.4 Å². The van der Waals surface area contributed by atoms with Gasteiger partial charge in [0, 0.05) is 0 Å². The first-order valence-corrected chi connectivity index (χ1v) is 11.4. The number of hydrogen-bond donors (Lipinski definition) is 1.